The summed E-state index contributed by atoms with van der Waals surface area (Å²) in [4.78, 5) is 19.1. The van der Waals surface area contributed by atoms with E-state index in [1.165, 1.54) is 32.1 Å². The molecule has 1 aromatic carbocycles. The maximum atomic E-state index is 13.3. The molecule has 0 spiro atoms. The third-order valence-electron chi connectivity index (χ3n) is 5.99. The highest BCUT2D eigenvalue weighted by atomic mass is 32.2. The monoisotopic (exact) mass is 409 g/mol. The predicted molar refractivity (Wildman–Crippen MR) is 117 cm³/mol. The van der Waals surface area contributed by atoms with Gasteiger partial charge in [0, 0.05) is 41.3 Å². The minimum absolute atomic E-state index is 0.148. The van der Waals surface area contributed by atoms with Crippen LogP contribution in [0.2, 0.25) is 0 Å². The number of H-pyrrole nitrogens is 1. The van der Waals surface area contributed by atoms with Crippen molar-refractivity contribution in [3.05, 3.63) is 35.5 Å². The van der Waals surface area contributed by atoms with Gasteiger partial charge >= 0.3 is 0 Å². The van der Waals surface area contributed by atoms with Crippen LogP contribution in [0, 0.1) is 6.92 Å². The van der Waals surface area contributed by atoms with E-state index in [0.717, 1.165) is 46.4 Å². The number of ketones is 1. The topological polar surface area (TPSA) is 66.8 Å². The lowest BCUT2D eigenvalue weighted by atomic mass is 10.1. The van der Waals surface area contributed by atoms with Gasteiger partial charge in [-0.15, -0.1) is 10.2 Å². The number of piperidine rings is 1. The van der Waals surface area contributed by atoms with Crippen LogP contribution in [0.5, 0.6) is 0 Å². The number of rotatable bonds is 6. The van der Waals surface area contributed by atoms with E-state index in [0.29, 0.717) is 6.04 Å². The van der Waals surface area contributed by atoms with E-state index >= 15 is 0 Å². The fourth-order valence-corrected chi connectivity index (χ4v) is 5.29. The summed E-state index contributed by atoms with van der Waals surface area (Å²) in [5.41, 5.74) is 2.75. The van der Waals surface area contributed by atoms with Crippen molar-refractivity contribution in [1.82, 2.24) is 19.7 Å². The quantitative estimate of drug-likeness (QED) is 0.470. The van der Waals surface area contributed by atoms with Crippen LogP contribution >= 0.6 is 11.8 Å². The Morgan fingerprint density at radius 3 is 2.69 bits per heavy atom. The van der Waals surface area contributed by atoms with Gasteiger partial charge < -0.3 is 9.88 Å². The van der Waals surface area contributed by atoms with Crippen molar-refractivity contribution in [1.29, 1.82) is 0 Å². The Morgan fingerprint density at radius 2 is 1.93 bits per heavy atom. The Hall–Kier alpha value is -2.28. The van der Waals surface area contributed by atoms with Crippen LogP contribution in [-0.4, -0.2) is 43.9 Å². The van der Waals surface area contributed by atoms with Crippen LogP contribution in [-0.2, 0) is 0 Å². The van der Waals surface area contributed by atoms with Gasteiger partial charge in [0.15, 0.2) is 10.9 Å². The fourth-order valence-electron chi connectivity index (χ4n) is 4.32. The Labute approximate surface area is 175 Å². The molecular formula is C22H27N5OS. The number of hydrogen-bond acceptors (Lipinski definition) is 5. The molecule has 1 saturated heterocycles. The molecule has 2 aromatic heterocycles. The van der Waals surface area contributed by atoms with E-state index in [-0.39, 0.29) is 11.0 Å². The van der Waals surface area contributed by atoms with Crippen LogP contribution in [0.25, 0.3) is 10.9 Å². The molecule has 5 rings (SSSR count). The SMILES string of the molecule is Cc1[nH]c2ccccc2c1C(=O)C(C)Sc1nnc(N2CCCCC2)n1C1CC1. The highest BCUT2D eigenvalue weighted by Crippen LogP contribution is 2.42. The summed E-state index contributed by atoms with van der Waals surface area (Å²) in [6.45, 7) is 6.07. The maximum Gasteiger partial charge on any atom is 0.228 e. The molecule has 2 fully saturated rings. The molecule has 152 valence electrons. The number of anilines is 1. The largest absolute Gasteiger partial charge is 0.358 e. The molecule has 1 N–H and O–H groups in total. The second-order valence-electron chi connectivity index (χ2n) is 8.23. The standard InChI is InChI=1S/C22H27N5OS/c1-14-19(17-8-4-5-9-18(17)23-14)20(28)15(2)29-22-25-24-21(27(22)16-10-11-16)26-12-6-3-7-13-26/h4-5,8-9,15-16,23H,3,6-7,10-13H2,1-2H3. The van der Waals surface area contributed by atoms with Crippen molar-refractivity contribution in [2.24, 2.45) is 0 Å². The zero-order chi connectivity index (χ0) is 20.0. The molecule has 2 aliphatic rings. The van der Waals surface area contributed by atoms with Crippen molar-refractivity contribution in [2.45, 2.75) is 62.4 Å². The minimum atomic E-state index is -0.219. The number of nitrogens with one attached hydrogen (secondary N) is 1. The fraction of sp³-hybridized carbons (Fsp3) is 0.500. The number of benzene rings is 1. The number of carbonyl (C=O) groups excluding carboxylic acids is 1. The minimum Gasteiger partial charge on any atom is -0.358 e. The molecular weight excluding hydrogens is 382 g/mol. The lowest BCUT2D eigenvalue weighted by molar-refractivity contribution is 0.0995. The number of Topliss-reactive ketones (excluding diaryl/α,β-unsaturated/α-hetero) is 1. The van der Waals surface area contributed by atoms with E-state index in [2.05, 4.69) is 24.6 Å². The zero-order valence-corrected chi connectivity index (χ0v) is 17.8. The number of nitrogens with zero attached hydrogens (tertiary/aromatic N) is 4. The molecule has 1 unspecified atom stereocenters. The second-order valence-corrected chi connectivity index (χ2v) is 9.53. The smallest absolute Gasteiger partial charge is 0.228 e. The zero-order valence-electron chi connectivity index (χ0n) is 17.0. The van der Waals surface area contributed by atoms with Gasteiger partial charge in [0.2, 0.25) is 5.95 Å². The van der Waals surface area contributed by atoms with Gasteiger partial charge in [-0.3, -0.25) is 9.36 Å². The van der Waals surface area contributed by atoms with Gasteiger partial charge in [-0.2, -0.15) is 0 Å². The summed E-state index contributed by atoms with van der Waals surface area (Å²) >= 11 is 1.55. The van der Waals surface area contributed by atoms with Crippen LogP contribution in [0.1, 0.15) is 61.1 Å². The number of hydrogen-bond donors (Lipinski definition) is 1. The molecule has 7 heteroatoms. The van der Waals surface area contributed by atoms with E-state index in [1.807, 2.05) is 38.1 Å². The van der Waals surface area contributed by atoms with Crippen molar-refractivity contribution >= 4 is 34.4 Å². The second kappa shape index (κ2) is 7.52. The first-order valence-corrected chi connectivity index (χ1v) is 11.5. The summed E-state index contributed by atoms with van der Waals surface area (Å²) < 4.78 is 2.29. The van der Waals surface area contributed by atoms with Crippen LogP contribution in [0.3, 0.4) is 0 Å². The molecule has 1 saturated carbocycles. The maximum absolute atomic E-state index is 13.3. The molecule has 0 bridgehead atoms. The first-order valence-electron chi connectivity index (χ1n) is 10.6. The first kappa shape index (κ1) is 18.7. The van der Waals surface area contributed by atoms with Crippen LogP contribution < -0.4 is 4.90 Å². The lowest BCUT2D eigenvalue weighted by Crippen LogP contribution is -2.32. The van der Waals surface area contributed by atoms with Crippen molar-refractivity contribution in [3.8, 4) is 0 Å². The summed E-state index contributed by atoms with van der Waals surface area (Å²) in [6.07, 6.45) is 6.08. The van der Waals surface area contributed by atoms with Crippen molar-refractivity contribution < 1.29 is 4.79 Å². The molecule has 1 atom stereocenters. The number of aromatic nitrogens is 4. The number of para-hydroxylation sites is 1. The molecule has 3 heterocycles. The molecule has 6 nitrogen and oxygen atoms in total. The Kier molecular flexibility index (Phi) is 4.86. The van der Waals surface area contributed by atoms with Gasteiger partial charge in [-0.25, -0.2) is 0 Å². The van der Waals surface area contributed by atoms with Crippen LogP contribution in [0.15, 0.2) is 29.4 Å². The highest BCUT2D eigenvalue weighted by molar-refractivity contribution is 8.00. The van der Waals surface area contributed by atoms with Crippen molar-refractivity contribution in [3.63, 3.8) is 0 Å². The average Bonchev–Trinajstić information content (AvgIpc) is 3.40. The first-order chi connectivity index (χ1) is 14.1. The van der Waals surface area contributed by atoms with E-state index in [4.69, 9.17) is 0 Å². The predicted octanol–water partition coefficient (Wildman–Crippen LogP) is 4.76. The number of fused-ring (bicyclic) bond motifs is 1. The Bertz CT molecular complexity index is 1040. The van der Waals surface area contributed by atoms with Gasteiger partial charge in [-0.05, 0) is 52.0 Å². The summed E-state index contributed by atoms with van der Waals surface area (Å²) in [6, 6.07) is 8.50. The number of thioether (sulfide) groups is 1. The molecule has 3 aromatic rings. The van der Waals surface area contributed by atoms with Crippen LogP contribution in [0.4, 0.5) is 5.95 Å². The van der Waals surface area contributed by atoms with E-state index in [9.17, 15) is 4.79 Å². The van der Waals surface area contributed by atoms with E-state index < -0.39 is 0 Å². The normalized spacial score (nSPS) is 18.3. The molecule has 29 heavy (non-hydrogen) atoms. The average molecular weight is 410 g/mol. The van der Waals surface area contributed by atoms with Crippen molar-refractivity contribution in [2.75, 3.05) is 18.0 Å². The van der Waals surface area contributed by atoms with E-state index in [1.54, 1.807) is 11.8 Å². The Balaban J connectivity index is 1.42. The molecule has 0 amide bonds. The lowest BCUT2D eigenvalue weighted by Gasteiger charge is -2.28. The number of aryl methyl sites for hydroxylation is 1. The molecule has 1 aliphatic carbocycles. The van der Waals surface area contributed by atoms with Gasteiger partial charge in [-0.1, -0.05) is 30.0 Å². The highest BCUT2D eigenvalue weighted by Gasteiger charge is 2.33. The summed E-state index contributed by atoms with van der Waals surface area (Å²) in [7, 11) is 0. The summed E-state index contributed by atoms with van der Waals surface area (Å²) in [5, 5.41) is 10.7. The third kappa shape index (κ3) is 3.45. The van der Waals surface area contributed by atoms with Gasteiger partial charge in [0.05, 0.1) is 5.25 Å². The van der Waals surface area contributed by atoms with Gasteiger partial charge in [0.1, 0.15) is 0 Å². The molecule has 0 radical (unpaired) electrons. The number of aromatic amines is 1. The van der Waals surface area contributed by atoms with Gasteiger partial charge in [0.25, 0.3) is 0 Å². The molecule has 1 aliphatic heterocycles. The third-order valence-corrected chi connectivity index (χ3v) is 7.05. The summed E-state index contributed by atoms with van der Waals surface area (Å²) in [5.74, 6) is 1.15. The number of carbonyl (C=O) groups is 1. The Morgan fingerprint density at radius 1 is 1.17 bits per heavy atom.